The number of fused-ring (bicyclic) bond motifs is 2. The van der Waals surface area contributed by atoms with Crippen LogP contribution in [0.4, 0.5) is 5.69 Å². The maximum absolute atomic E-state index is 13.2. The Balaban J connectivity index is 1.58. The first-order chi connectivity index (χ1) is 14.4. The molecule has 0 aliphatic carbocycles. The largest absolute Gasteiger partial charge is 0.486 e. The highest BCUT2D eigenvalue weighted by molar-refractivity contribution is 6.32. The lowest BCUT2D eigenvalue weighted by molar-refractivity contribution is -0.118. The smallest absolute Gasteiger partial charge is 0.251 e. The van der Waals surface area contributed by atoms with Crippen molar-refractivity contribution in [3.63, 3.8) is 0 Å². The second-order valence-corrected chi connectivity index (χ2v) is 8.27. The lowest BCUT2D eigenvalue weighted by atomic mass is 9.95. The van der Waals surface area contributed by atoms with Gasteiger partial charge in [0.1, 0.15) is 13.2 Å². The molecular formula is C23H25ClN2O4. The van der Waals surface area contributed by atoms with Crippen LogP contribution in [0.5, 0.6) is 11.5 Å². The van der Waals surface area contributed by atoms with E-state index in [0.29, 0.717) is 41.8 Å². The van der Waals surface area contributed by atoms with Crippen molar-refractivity contribution in [1.29, 1.82) is 0 Å². The number of carbonyl (C=O) groups is 2. The third-order valence-electron chi connectivity index (χ3n) is 5.23. The first-order valence-electron chi connectivity index (χ1n) is 10.2. The van der Waals surface area contributed by atoms with Crippen LogP contribution in [0.2, 0.25) is 5.02 Å². The van der Waals surface area contributed by atoms with E-state index in [0.717, 1.165) is 29.7 Å². The van der Waals surface area contributed by atoms with Gasteiger partial charge in [-0.15, -0.1) is 0 Å². The number of nitrogens with zero attached hydrogens (tertiary/aromatic N) is 1. The summed E-state index contributed by atoms with van der Waals surface area (Å²) in [6.07, 6.45) is 1.78. The molecule has 2 heterocycles. The fourth-order valence-electron chi connectivity index (χ4n) is 3.97. The lowest BCUT2D eigenvalue weighted by Gasteiger charge is -2.31. The van der Waals surface area contributed by atoms with Gasteiger partial charge < -0.3 is 19.7 Å². The number of halogens is 1. The van der Waals surface area contributed by atoms with Gasteiger partial charge in [-0.2, -0.15) is 0 Å². The van der Waals surface area contributed by atoms with Crippen molar-refractivity contribution in [3.8, 4) is 11.5 Å². The summed E-state index contributed by atoms with van der Waals surface area (Å²) in [7, 11) is 0. The monoisotopic (exact) mass is 428 g/mol. The molecular weight excluding hydrogens is 404 g/mol. The fraction of sp³-hybridized carbons (Fsp3) is 0.391. The number of amides is 2. The number of ether oxygens (including phenoxy) is 2. The second-order valence-electron chi connectivity index (χ2n) is 7.86. The number of anilines is 1. The third kappa shape index (κ3) is 4.10. The van der Waals surface area contributed by atoms with Crippen LogP contribution in [0.25, 0.3) is 0 Å². The van der Waals surface area contributed by atoms with Gasteiger partial charge in [0.15, 0.2) is 11.5 Å². The third-order valence-corrected chi connectivity index (χ3v) is 5.51. The van der Waals surface area contributed by atoms with E-state index in [9.17, 15) is 9.59 Å². The van der Waals surface area contributed by atoms with Crippen LogP contribution in [0.1, 0.15) is 41.8 Å². The van der Waals surface area contributed by atoms with E-state index in [1.54, 1.807) is 11.0 Å². The highest BCUT2D eigenvalue weighted by atomic mass is 35.5. The molecule has 0 bridgehead atoms. The molecule has 2 aromatic carbocycles. The van der Waals surface area contributed by atoms with Gasteiger partial charge in [-0.3, -0.25) is 9.59 Å². The van der Waals surface area contributed by atoms with Gasteiger partial charge in [0.2, 0.25) is 5.91 Å². The summed E-state index contributed by atoms with van der Waals surface area (Å²) in [5.41, 5.74) is 3.15. The van der Waals surface area contributed by atoms with Gasteiger partial charge in [0.05, 0.1) is 11.4 Å². The summed E-state index contributed by atoms with van der Waals surface area (Å²) in [6.45, 7) is 5.41. The molecule has 0 aromatic heterocycles. The Morgan fingerprint density at radius 1 is 1.20 bits per heavy atom. The molecule has 0 unspecified atom stereocenters. The van der Waals surface area contributed by atoms with E-state index >= 15 is 0 Å². The zero-order chi connectivity index (χ0) is 21.3. The van der Waals surface area contributed by atoms with Gasteiger partial charge in [-0.05, 0) is 62.1 Å². The van der Waals surface area contributed by atoms with Crippen molar-refractivity contribution in [2.24, 2.45) is 0 Å². The molecule has 0 fully saturated rings. The van der Waals surface area contributed by atoms with Gasteiger partial charge >= 0.3 is 0 Å². The van der Waals surface area contributed by atoms with E-state index < -0.39 is 0 Å². The van der Waals surface area contributed by atoms with E-state index in [-0.39, 0.29) is 24.3 Å². The molecule has 0 atom stereocenters. The molecule has 2 aliphatic rings. The number of benzene rings is 2. The summed E-state index contributed by atoms with van der Waals surface area (Å²) in [6, 6.07) is 9.19. The van der Waals surface area contributed by atoms with E-state index in [1.165, 1.54) is 0 Å². The van der Waals surface area contributed by atoms with E-state index in [1.807, 2.05) is 38.1 Å². The maximum Gasteiger partial charge on any atom is 0.251 e. The van der Waals surface area contributed by atoms with Gasteiger partial charge in [0, 0.05) is 23.8 Å². The first-order valence-corrected chi connectivity index (χ1v) is 10.6. The predicted octanol–water partition coefficient (Wildman–Crippen LogP) is 3.77. The van der Waals surface area contributed by atoms with Gasteiger partial charge in [-0.25, -0.2) is 0 Å². The van der Waals surface area contributed by atoms with Crippen LogP contribution in [0.3, 0.4) is 0 Å². The standard InChI is InChI=1S/C23H25ClN2O4/c1-14(2)25-23(28)17-5-3-7-19-16(17)6-4-8-26(19)21(27)13-15-11-18(24)22-20(12-15)29-9-10-30-22/h3,5,7,11-12,14H,4,6,8-10,13H2,1-2H3,(H,25,28). The molecule has 0 radical (unpaired) electrons. The van der Waals surface area contributed by atoms with Crippen LogP contribution >= 0.6 is 11.6 Å². The van der Waals surface area contributed by atoms with Gasteiger partial charge in [-0.1, -0.05) is 17.7 Å². The van der Waals surface area contributed by atoms with E-state index in [2.05, 4.69) is 5.32 Å². The summed E-state index contributed by atoms with van der Waals surface area (Å²) in [4.78, 5) is 27.6. The highest BCUT2D eigenvalue weighted by Gasteiger charge is 2.27. The molecule has 2 amide bonds. The Labute approximate surface area is 181 Å². The van der Waals surface area contributed by atoms with Crippen molar-refractivity contribution in [2.75, 3.05) is 24.7 Å². The SMILES string of the molecule is CC(C)NC(=O)c1cccc2c1CCCN2C(=O)Cc1cc(Cl)c2c(c1)OCCO2. The minimum atomic E-state index is -0.102. The molecule has 0 saturated heterocycles. The minimum Gasteiger partial charge on any atom is -0.486 e. The maximum atomic E-state index is 13.2. The zero-order valence-corrected chi connectivity index (χ0v) is 17.9. The average molecular weight is 429 g/mol. The zero-order valence-electron chi connectivity index (χ0n) is 17.2. The fourth-order valence-corrected chi connectivity index (χ4v) is 4.26. The van der Waals surface area contributed by atoms with Crippen LogP contribution in [-0.2, 0) is 17.6 Å². The molecule has 1 N–H and O–H groups in total. The topological polar surface area (TPSA) is 67.9 Å². The normalized spacial score (nSPS) is 15.0. The Hall–Kier alpha value is -2.73. The Morgan fingerprint density at radius 2 is 2.00 bits per heavy atom. The first kappa shape index (κ1) is 20.5. The number of hydrogen-bond donors (Lipinski definition) is 1. The Bertz CT molecular complexity index is 989. The molecule has 7 heteroatoms. The summed E-state index contributed by atoms with van der Waals surface area (Å²) in [5.74, 6) is 0.964. The van der Waals surface area contributed by atoms with Crippen molar-refractivity contribution < 1.29 is 19.1 Å². The van der Waals surface area contributed by atoms with Crippen molar-refractivity contribution in [3.05, 3.63) is 52.0 Å². The van der Waals surface area contributed by atoms with Gasteiger partial charge in [0.25, 0.3) is 5.91 Å². The van der Waals surface area contributed by atoms with Crippen molar-refractivity contribution >= 4 is 29.1 Å². The lowest BCUT2D eigenvalue weighted by Crippen LogP contribution is -2.38. The van der Waals surface area contributed by atoms with Crippen LogP contribution in [0.15, 0.2) is 30.3 Å². The molecule has 0 spiro atoms. The number of carbonyl (C=O) groups excluding carboxylic acids is 2. The van der Waals surface area contributed by atoms with Crippen molar-refractivity contribution in [1.82, 2.24) is 5.32 Å². The molecule has 30 heavy (non-hydrogen) atoms. The molecule has 2 aromatic rings. The highest BCUT2D eigenvalue weighted by Crippen LogP contribution is 2.39. The summed E-state index contributed by atoms with van der Waals surface area (Å²) >= 11 is 6.32. The van der Waals surface area contributed by atoms with Crippen molar-refractivity contribution in [2.45, 2.75) is 39.2 Å². The summed E-state index contributed by atoms with van der Waals surface area (Å²) < 4.78 is 11.2. The minimum absolute atomic E-state index is 0.0369. The molecule has 4 rings (SSSR count). The van der Waals surface area contributed by atoms with Crippen LogP contribution < -0.4 is 19.7 Å². The molecule has 2 aliphatic heterocycles. The average Bonchev–Trinajstić information content (AvgIpc) is 2.72. The van der Waals surface area contributed by atoms with E-state index in [4.69, 9.17) is 21.1 Å². The number of nitrogens with one attached hydrogen (secondary N) is 1. The Morgan fingerprint density at radius 3 is 2.80 bits per heavy atom. The molecule has 6 nitrogen and oxygen atoms in total. The second kappa shape index (κ2) is 8.56. The van der Waals surface area contributed by atoms with Crippen LogP contribution in [-0.4, -0.2) is 37.6 Å². The molecule has 0 saturated carbocycles. The summed E-state index contributed by atoms with van der Waals surface area (Å²) in [5, 5.41) is 3.39. The number of hydrogen-bond acceptors (Lipinski definition) is 4. The Kier molecular flexibility index (Phi) is 5.86. The van der Waals surface area contributed by atoms with Crippen LogP contribution in [0, 0.1) is 0 Å². The number of rotatable bonds is 4. The predicted molar refractivity (Wildman–Crippen MR) is 116 cm³/mol. The molecule has 158 valence electrons. The quantitative estimate of drug-likeness (QED) is 0.804.